The zero-order chi connectivity index (χ0) is 15.6. The van der Waals surface area contributed by atoms with Crippen LogP contribution in [0.2, 0.25) is 0 Å². The second kappa shape index (κ2) is 6.39. The second-order valence-corrected chi connectivity index (χ2v) is 6.59. The Hall–Kier alpha value is -1.68. The third-order valence-corrected chi connectivity index (χ3v) is 4.39. The minimum absolute atomic E-state index is 0.220. The molecule has 1 heterocycles. The molecular formula is C17H21NO2S. The van der Waals surface area contributed by atoms with Crippen molar-refractivity contribution in [2.45, 2.75) is 38.6 Å². The van der Waals surface area contributed by atoms with Crippen LogP contribution >= 0.6 is 11.8 Å². The maximum Gasteiger partial charge on any atom is 0.337 e. The number of hydrogen-bond donors (Lipinski definition) is 1. The van der Waals surface area contributed by atoms with Crippen molar-refractivity contribution in [2.75, 3.05) is 5.75 Å². The highest BCUT2D eigenvalue weighted by Crippen LogP contribution is 2.30. The molecule has 0 aliphatic carbocycles. The number of carbonyl (C=O) groups is 1. The molecular weight excluding hydrogens is 282 g/mol. The van der Waals surface area contributed by atoms with Crippen LogP contribution in [-0.4, -0.2) is 21.4 Å². The summed E-state index contributed by atoms with van der Waals surface area (Å²) in [5.74, 6) is 0.176. The van der Waals surface area contributed by atoms with Gasteiger partial charge in [-0.2, -0.15) is 0 Å². The van der Waals surface area contributed by atoms with Gasteiger partial charge in [-0.3, -0.25) is 0 Å². The van der Waals surface area contributed by atoms with Crippen LogP contribution < -0.4 is 0 Å². The van der Waals surface area contributed by atoms with Crippen LogP contribution in [0.25, 0.3) is 11.3 Å². The number of aromatic carboxylic acids is 1. The minimum Gasteiger partial charge on any atom is -0.478 e. The molecule has 4 heteroatoms. The van der Waals surface area contributed by atoms with Gasteiger partial charge in [0.2, 0.25) is 0 Å². The number of rotatable bonds is 5. The Labute approximate surface area is 130 Å². The first kappa shape index (κ1) is 15.7. The van der Waals surface area contributed by atoms with Gasteiger partial charge in [-0.15, -0.1) is 11.8 Å². The summed E-state index contributed by atoms with van der Waals surface area (Å²) in [6, 6.07) is 10.3. The number of hydrogen-bond acceptors (Lipinski definition) is 2. The van der Waals surface area contributed by atoms with E-state index in [9.17, 15) is 9.90 Å². The van der Waals surface area contributed by atoms with Crippen molar-refractivity contribution in [3.05, 3.63) is 41.6 Å². The van der Waals surface area contributed by atoms with Gasteiger partial charge < -0.3 is 9.67 Å². The lowest BCUT2D eigenvalue weighted by atomic mass is 10.1. The topological polar surface area (TPSA) is 42.2 Å². The van der Waals surface area contributed by atoms with Gasteiger partial charge in [0.15, 0.2) is 0 Å². The highest BCUT2D eigenvalue weighted by atomic mass is 32.2. The molecule has 2 aromatic rings. The molecule has 0 fully saturated rings. The van der Waals surface area contributed by atoms with Crippen LogP contribution in [0, 0.1) is 6.92 Å². The minimum atomic E-state index is -0.869. The van der Waals surface area contributed by atoms with Crippen molar-refractivity contribution in [3.63, 3.8) is 0 Å². The largest absolute Gasteiger partial charge is 0.478 e. The molecule has 3 nitrogen and oxygen atoms in total. The van der Waals surface area contributed by atoms with E-state index in [1.165, 1.54) is 4.90 Å². The number of nitrogens with zero attached hydrogens (tertiary/aromatic N) is 1. The first-order valence-electron chi connectivity index (χ1n) is 7.14. The Balaban J connectivity index is 2.52. The van der Waals surface area contributed by atoms with Crippen LogP contribution in [-0.2, 0) is 0 Å². The van der Waals surface area contributed by atoms with Crippen molar-refractivity contribution in [1.29, 1.82) is 0 Å². The lowest BCUT2D eigenvalue weighted by molar-refractivity contribution is 0.0696. The third-order valence-electron chi connectivity index (χ3n) is 3.50. The average molecular weight is 303 g/mol. The zero-order valence-corrected chi connectivity index (χ0v) is 13.7. The number of thioether (sulfide) groups is 1. The lowest BCUT2D eigenvalue weighted by Crippen LogP contribution is -2.06. The van der Waals surface area contributed by atoms with Gasteiger partial charge in [0, 0.05) is 22.3 Å². The van der Waals surface area contributed by atoms with E-state index in [-0.39, 0.29) is 6.04 Å². The van der Waals surface area contributed by atoms with Crippen molar-refractivity contribution in [3.8, 4) is 11.3 Å². The van der Waals surface area contributed by atoms with Crippen LogP contribution in [0.3, 0.4) is 0 Å². The SMILES string of the molecule is CCSc1ccc(-c2cc(C(=O)O)c(C)n2C(C)C)cc1. The summed E-state index contributed by atoms with van der Waals surface area (Å²) in [7, 11) is 0. The van der Waals surface area contributed by atoms with Gasteiger partial charge in [0.25, 0.3) is 0 Å². The Morgan fingerprint density at radius 3 is 2.38 bits per heavy atom. The molecule has 0 atom stereocenters. The average Bonchev–Trinajstić information content (AvgIpc) is 2.78. The van der Waals surface area contributed by atoms with E-state index < -0.39 is 5.97 Å². The van der Waals surface area contributed by atoms with Crippen molar-refractivity contribution >= 4 is 17.7 Å². The first-order valence-corrected chi connectivity index (χ1v) is 8.12. The van der Waals surface area contributed by atoms with E-state index in [0.29, 0.717) is 5.56 Å². The Bertz CT molecular complexity index is 642. The molecule has 1 N–H and O–H groups in total. The van der Waals surface area contributed by atoms with E-state index in [2.05, 4.69) is 49.6 Å². The summed E-state index contributed by atoms with van der Waals surface area (Å²) in [5.41, 5.74) is 3.21. The lowest BCUT2D eigenvalue weighted by Gasteiger charge is -2.16. The van der Waals surface area contributed by atoms with Crippen LogP contribution in [0.15, 0.2) is 35.2 Å². The van der Waals surface area contributed by atoms with Gasteiger partial charge in [-0.1, -0.05) is 19.1 Å². The molecule has 0 unspecified atom stereocenters. The number of carboxylic acid groups (broad SMARTS) is 1. The summed E-state index contributed by atoms with van der Waals surface area (Å²) in [4.78, 5) is 12.6. The van der Waals surface area contributed by atoms with Gasteiger partial charge in [-0.25, -0.2) is 4.79 Å². The Kier molecular flexibility index (Phi) is 4.78. The molecule has 1 aromatic carbocycles. The molecule has 0 bridgehead atoms. The quantitative estimate of drug-likeness (QED) is 0.802. The zero-order valence-electron chi connectivity index (χ0n) is 12.9. The van der Waals surface area contributed by atoms with Crippen molar-refractivity contribution in [2.24, 2.45) is 0 Å². The molecule has 1 aromatic heterocycles. The standard InChI is InChI=1S/C17H21NO2S/c1-5-21-14-8-6-13(7-9-14)16-10-15(17(19)20)12(4)18(16)11(2)3/h6-11H,5H2,1-4H3,(H,19,20). The van der Waals surface area contributed by atoms with E-state index in [0.717, 1.165) is 22.7 Å². The summed E-state index contributed by atoms with van der Waals surface area (Å²) in [5, 5.41) is 9.33. The highest BCUT2D eigenvalue weighted by molar-refractivity contribution is 7.99. The maximum absolute atomic E-state index is 11.4. The summed E-state index contributed by atoms with van der Waals surface area (Å²) < 4.78 is 2.09. The number of aromatic nitrogens is 1. The summed E-state index contributed by atoms with van der Waals surface area (Å²) in [6.07, 6.45) is 0. The Morgan fingerprint density at radius 2 is 1.90 bits per heavy atom. The van der Waals surface area contributed by atoms with Gasteiger partial charge in [-0.05, 0) is 50.3 Å². The highest BCUT2D eigenvalue weighted by Gasteiger charge is 2.19. The molecule has 2 rings (SSSR count). The smallest absolute Gasteiger partial charge is 0.337 e. The normalized spacial score (nSPS) is 11.1. The monoisotopic (exact) mass is 303 g/mol. The van der Waals surface area contributed by atoms with Gasteiger partial charge in [0.1, 0.15) is 0 Å². The molecule has 0 radical (unpaired) electrons. The summed E-state index contributed by atoms with van der Waals surface area (Å²) >= 11 is 1.80. The fourth-order valence-corrected chi connectivity index (χ4v) is 3.28. The van der Waals surface area contributed by atoms with Crippen molar-refractivity contribution < 1.29 is 9.90 Å². The molecule has 112 valence electrons. The number of benzene rings is 1. The van der Waals surface area contributed by atoms with Gasteiger partial charge in [0.05, 0.1) is 5.56 Å². The molecule has 0 saturated heterocycles. The first-order chi connectivity index (χ1) is 9.95. The molecule has 0 saturated carbocycles. The number of carboxylic acids is 1. The predicted molar refractivity (Wildman–Crippen MR) is 88.3 cm³/mol. The Morgan fingerprint density at radius 1 is 1.29 bits per heavy atom. The maximum atomic E-state index is 11.4. The molecule has 0 aliphatic rings. The van der Waals surface area contributed by atoms with E-state index in [1.54, 1.807) is 17.8 Å². The van der Waals surface area contributed by atoms with Crippen LogP contribution in [0.1, 0.15) is 42.9 Å². The fraction of sp³-hybridized carbons (Fsp3) is 0.353. The van der Waals surface area contributed by atoms with E-state index >= 15 is 0 Å². The van der Waals surface area contributed by atoms with Crippen LogP contribution in [0.5, 0.6) is 0 Å². The molecule has 0 aliphatic heterocycles. The second-order valence-electron chi connectivity index (χ2n) is 5.25. The van der Waals surface area contributed by atoms with Crippen molar-refractivity contribution in [1.82, 2.24) is 4.57 Å². The van der Waals surface area contributed by atoms with E-state index in [1.807, 2.05) is 6.92 Å². The fourth-order valence-electron chi connectivity index (χ4n) is 2.61. The third kappa shape index (κ3) is 3.16. The predicted octanol–water partition coefficient (Wildman–Crippen LogP) is 4.85. The molecule has 21 heavy (non-hydrogen) atoms. The molecule has 0 amide bonds. The van der Waals surface area contributed by atoms with Crippen LogP contribution in [0.4, 0.5) is 0 Å². The van der Waals surface area contributed by atoms with E-state index in [4.69, 9.17) is 0 Å². The van der Waals surface area contributed by atoms with Gasteiger partial charge >= 0.3 is 5.97 Å². The molecule has 0 spiro atoms. The summed E-state index contributed by atoms with van der Waals surface area (Å²) in [6.45, 7) is 8.14.